The second-order valence-electron chi connectivity index (χ2n) is 4.93. The quantitative estimate of drug-likeness (QED) is 0.767. The molecule has 0 aliphatic carbocycles. The maximum absolute atomic E-state index is 13.9. The average molecular weight is 266 g/mol. The number of para-hydroxylation sites is 1. The first kappa shape index (κ1) is 12.8. The predicted octanol–water partition coefficient (Wildman–Crippen LogP) is 3.73. The molecule has 1 atom stereocenters. The van der Waals surface area contributed by atoms with E-state index in [0.29, 0.717) is 11.3 Å². The van der Waals surface area contributed by atoms with Gasteiger partial charge in [0.15, 0.2) is 0 Å². The first-order chi connectivity index (χ1) is 9.65. The van der Waals surface area contributed by atoms with Crippen LogP contribution in [-0.2, 0) is 0 Å². The molecule has 0 fully saturated rings. The minimum absolute atomic E-state index is 0.293. The van der Waals surface area contributed by atoms with Crippen molar-refractivity contribution in [2.45, 2.75) is 13.0 Å². The van der Waals surface area contributed by atoms with Crippen LogP contribution in [0.5, 0.6) is 0 Å². The van der Waals surface area contributed by atoms with E-state index in [0.717, 1.165) is 16.5 Å². The van der Waals surface area contributed by atoms with Crippen LogP contribution in [0.3, 0.4) is 0 Å². The summed E-state index contributed by atoms with van der Waals surface area (Å²) in [6.45, 7) is 1.92. The van der Waals surface area contributed by atoms with Gasteiger partial charge >= 0.3 is 0 Å². The fourth-order valence-electron chi connectivity index (χ4n) is 2.32. The Morgan fingerprint density at radius 1 is 1.05 bits per heavy atom. The molecule has 3 rings (SSSR count). The third-order valence-corrected chi connectivity index (χ3v) is 3.43. The smallest absolute Gasteiger partial charge is 0.128 e. The maximum atomic E-state index is 13.9. The first-order valence-corrected chi connectivity index (χ1v) is 6.52. The fourth-order valence-corrected chi connectivity index (χ4v) is 2.32. The lowest BCUT2D eigenvalue weighted by Crippen LogP contribution is -2.15. The maximum Gasteiger partial charge on any atom is 0.128 e. The van der Waals surface area contributed by atoms with Crippen LogP contribution in [0.15, 0.2) is 54.6 Å². The fraction of sp³-hybridized carbons (Fsp3) is 0.118. The summed E-state index contributed by atoms with van der Waals surface area (Å²) in [4.78, 5) is 4.53. The number of aryl methyl sites for hydroxylation is 1. The molecule has 1 unspecified atom stereocenters. The Bertz CT molecular complexity index is 768. The molecule has 2 N–H and O–H groups in total. The van der Waals surface area contributed by atoms with Gasteiger partial charge in [-0.05, 0) is 25.1 Å². The topological polar surface area (TPSA) is 38.9 Å². The van der Waals surface area contributed by atoms with Crippen molar-refractivity contribution in [2.24, 2.45) is 5.73 Å². The number of pyridine rings is 1. The number of rotatable bonds is 2. The average Bonchev–Trinajstić information content (AvgIpc) is 2.48. The van der Waals surface area contributed by atoms with Gasteiger partial charge in [0, 0.05) is 10.9 Å². The second-order valence-corrected chi connectivity index (χ2v) is 4.93. The summed E-state index contributed by atoms with van der Waals surface area (Å²) in [6, 6.07) is 16.0. The monoisotopic (exact) mass is 266 g/mol. The number of benzene rings is 2. The summed E-state index contributed by atoms with van der Waals surface area (Å²) >= 11 is 0. The Morgan fingerprint density at radius 3 is 2.70 bits per heavy atom. The molecule has 0 saturated heterocycles. The van der Waals surface area contributed by atoms with Crippen molar-refractivity contribution in [3.63, 3.8) is 0 Å². The van der Waals surface area contributed by atoms with Gasteiger partial charge in [0.25, 0.3) is 0 Å². The normalized spacial score (nSPS) is 12.6. The number of aromatic nitrogens is 1. The molecule has 0 radical (unpaired) electrons. The summed E-state index contributed by atoms with van der Waals surface area (Å²) in [5.74, 6) is -0.293. The van der Waals surface area contributed by atoms with Crippen molar-refractivity contribution < 1.29 is 4.39 Å². The molecule has 20 heavy (non-hydrogen) atoms. The van der Waals surface area contributed by atoms with Crippen LogP contribution in [0.25, 0.3) is 10.9 Å². The second kappa shape index (κ2) is 5.02. The van der Waals surface area contributed by atoms with Gasteiger partial charge in [-0.1, -0.05) is 42.0 Å². The van der Waals surface area contributed by atoms with Gasteiger partial charge in [0.2, 0.25) is 0 Å². The van der Waals surface area contributed by atoms with E-state index >= 15 is 0 Å². The van der Waals surface area contributed by atoms with Crippen molar-refractivity contribution in [2.75, 3.05) is 0 Å². The minimum atomic E-state index is -0.556. The molecule has 0 bridgehead atoms. The zero-order valence-electron chi connectivity index (χ0n) is 11.2. The van der Waals surface area contributed by atoms with Crippen LogP contribution in [0.1, 0.15) is 22.9 Å². The minimum Gasteiger partial charge on any atom is -0.319 e. The Kier molecular flexibility index (Phi) is 3.20. The zero-order valence-corrected chi connectivity index (χ0v) is 11.2. The van der Waals surface area contributed by atoms with Crippen LogP contribution in [0, 0.1) is 12.7 Å². The molecular weight excluding hydrogens is 251 g/mol. The van der Waals surface area contributed by atoms with Gasteiger partial charge in [-0.2, -0.15) is 0 Å². The molecular formula is C17H15FN2. The van der Waals surface area contributed by atoms with Crippen molar-refractivity contribution in [3.05, 3.63) is 77.2 Å². The lowest BCUT2D eigenvalue weighted by atomic mass is 10.0. The molecule has 0 amide bonds. The molecule has 100 valence electrons. The SMILES string of the molecule is Cc1ccc(F)c(C(N)c2ccc3ccccc3n2)c1. The molecule has 1 heterocycles. The lowest BCUT2D eigenvalue weighted by Gasteiger charge is -2.14. The molecule has 2 aromatic carbocycles. The summed E-state index contributed by atoms with van der Waals surface area (Å²) in [5.41, 5.74) is 9.18. The van der Waals surface area contributed by atoms with Crippen molar-refractivity contribution in [3.8, 4) is 0 Å². The Balaban J connectivity index is 2.07. The number of halogens is 1. The van der Waals surface area contributed by atoms with Gasteiger partial charge in [-0.3, -0.25) is 4.98 Å². The molecule has 3 aromatic rings. The molecule has 0 spiro atoms. The highest BCUT2D eigenvalue weighted by molar-refractivity contribution is 5.78. The van der Waals surface area contributed by atoms with E-state index in [1.165, 1.54) is 6.07 Å². The Hall–Kier alpha value is -2.26. The molecule has 0 saturated carbocycles. The summed E-state index contributed by atoms with van der Waals surface area (Å²) in [6.07, 6.45) is 0. The van der Waals surface area contributed by atoms with Crippen LogP contribution < -0.4 is 5.73 Å². The van der Waals surface area contributed by atoms with Crippen LogP contribution in [0.2, 0.25) is 0 Å². The number of nitrogens with two attached hydrogens (primary N) is 1. The van der Waals surface area contributed by atoms with Crippen molar-refractivity contribution in [1.29, 1.82) is 0 Å². The number of nitrogens with zero attached hydrogens (tertiary/aromatic N) is 1. The molecule has 2 nitrogen and oxygen atoms in total. The molecule has 0 aliphatic heterocycles. The van der Waals surface area contributed by atoms with Crippen LogP contribution >= 0.6 is 0 Å². The highest BCUT2D eigenvalue weighted by Gasteiger charge is 2.15. The van der Waals surface area contributed by atoms with Crippen LogP contribution in [-0.4, -0.2) is 4.98 Å². The zero-order chi connectivity index (χ0) is 14.1. The van der Waals surface area contributed by atoms with Crippen LogP contribution in [0.4, 0.5) is 4.39 Å². The van der Waals surface area contributed by atoms with Gasteiger partial charge < -0.3 is 5.73 Å². The summed E-state index contributed by atoms with van der Waals surface area (Å²) in [7, 11) is 0. The summed E-state index contributed by atoms with van der Waals surface area (Å²) < 4.78 is 13.9. The highest BCUT2D eigenvalue weighted by Crippen LogP contribution is 2.23. The standard InChI is InChI=1S/C17H15FN2/c1-11-6-8-14(18)13(10-11)17(19)16-9-7-12-4-2-3-5-15(12)20-16/h2-10,17H,19H2,1H3. The number of hydrogen-bond donors (Lipinski definition) is 1. The van der Waals surface area contributed by atoms with Crippen molar-refractivity contribution in [1.82, 2.24) is 4.98 Å². The van der Waals surface area contributed by atoms with E-state index in [2.05, 4.69) is 4.98 Å². The van der Waals surface area contributed by atoms with Gasteiger partial charge in [-0.15, -0.1) is 0 Å². The largest absolute Gasteiger partial charge is 0.319 e. The number of fused-ring (bicyclic) bond motifs is 1. The van der Waals surface area contributed by atoms with E-state index in [9.17, 15) is 4.39 Å². The van der Waals surface area contributed by atoms with Crippen molar-refractivity contribution >= 4 is 10.9 Å². The first-order valence-electron chi connectivity index (χ1n) is 6.52. The molecule has 1 aromatic heterocycles. The van der Waals surface area contributed by atoms with E-state index in [1.54, 1.807) is 12.1 Å². The Labute approximate surface area is 117 Å². The molecule has 3 heteroatoms. The van der Waals surface area contributed by atoms with Gasteiger partial charge in [0.05, 0.1) is 17.3 Å². The van der Waals surface area contributed by atoms with E-state index < -0.39 is 6.04 Å². The molecule has 0 aliphatic rings. The van der Waals surface area contributed by atoms with E-state index in [1.807, 2.05) is 43.3 Å². The number of hydrogen-bond acceptors (Lipinski definition) is 2. The Morgan fingerprint density at radius 2 is 1.85 bits per heavy atom. The van der Waals surface area contributed by atoms with Gasteiger partial charge in [0.1, 0.15) is 5.82 Å². The highest BCUT2D eigenvalue weighted by atomic mass is 19.1. The third kappa shape index (κ3) is 2.28. The lowest BCUT2D eigenvalue weighted by molar-refractivity contribution is 0.597. The van der Waals surface area contributed by atoms with E-state index in [-0.39, 0.29) is 5.82 Å². The van der Waals surface area contributed by atoms with Gasteiger partial charge in [-0.25, -0.2) is 4.39 Å². The summed E-state index contributed by atoms with van der Waals surface area (Å²) in [5, 5.41) is 1.05. The van der Waals surface area contributed by atoms with E-state index in [4.69, 9.17) is 5.73 Å². The third-order valence-electron chi connectivity index (χ3n) is 3.43. The predicted molar refractivity (Wildman–Crippen MR) is 78.9 cm³/mol.